The van der Waals surface area contributed by atoms with Gasteiger partial charge in [-0.3, -0.25) is 0 Å². The van der Waals surface area contributed by atoms with Gasteiger partial charge in [-0.1, -0.05) is 77.3 Å². The zero-order valence-corrected chi connectivity index (χ0v) is 11.9. The summed E-state index contributed by atoms with van der Waals surface area (Å²) < 4.78 is 25.5. The zero-order chi connectivity index (χ0) is 14.0. The molecular formula is C14H9Cl3F2. The van der Waals surface area contributed by atoms with Gasteiger partial charge < -0.3 is 0 Å². The fraction of sp³-hybridized carbons (Fsp3) is 0.143. The summed E-state index contributed by atoms with van der Waals surface area (Å²) in [7, 11) is 0. The third kappa shape index (κ3) is 3.19. The highest BCUT2D eigenvalue weighted by Crippen LogP contribution is 2.46. The molecule has 0 spiro atoms. The molecule has 0 saturated carbocycles. The molecule has 5 heteroatoms. The molecule has 0 bridgehead atoms. The summed E-state index contributed by atoms with van der Waals surface area (Å²) >= 11 is 17.8. The Hall–Kier alpha value is -0.830. The lowest BCUT2D eigenvalue weighted by Crippen LogP contribution is -2.20. The summed E-state index contributed by atoms with van der Waals surface area (Å²) in [5, 5.41) is 0. The molecule has 0 amide bonds. The summed E-state index contributed by atoms with van der Waals surface area (Å²) in [5.41, 5.74) is 0.623. The molecule has 1 atom stereocenters. The second-order valence-corrected chi connectivity index (χ2v) is 6.40. The third-order valence-electron chi connectivity index (χ3n) is 2.75. The van der Waals surface area contributed by atoms with E-state index in [4.69, 9.17) is 34.8 Å². The molecule has 0 aromatic heterocycles. The van der Waals surface area contributed by atoms with Crippen LogP contribution in [0, 0.1) is 11.6 Å². The second-order valence-electron chi connectivity index (χ2n) is 4.03. The van der Waals surface area contributed by atoms with Crippen molar-refractivity contribution in [3.8, 4) is 0 Å². The van der Waals surface area contributed by atoms with Crippen molar-refractivity contribution in [1.82, 2.24) is 0 Å². The van der Waals surface area contributed by atoms with E-state index in [0.717, 1.165) is 6.07 Å². The van der Waals surface area contributed by atoms with Gasteiger partial charge in [-0.05, 0) is 11.6 Å². The van der Waals surface area contributed by atoms with Crippen LogP contribution >= 0.6 is 34.8 Å². The van der Waals surface area contributed by atoms with Gasteiger partial charge in [0.1, 0.15) is 0 Å². The number of hydrogen-bond acceptors (Lipinski definition) is 0. The van der Waals surface area contributed by atoms with Crippen LogP contribution in [0.5, 0.6) is 0 Å². The van der Waals surface area contributed by atoms with Crippen molar-refractivity contribution in [3.63, 3.8) is 0 Å². The highest BCUT2D eigenvalue weighted by Gasteiger charge is 2.37. The van der Waals surface area contributed by atoms with Gasteiger partial charge in [0.05, 0.1) is 5.92 Å². The molecule has 0 heterocycles. The maximum absolute atomic E-state index is 13.9. The van der Waals surface area contributed by atoms with Gasteiger partial charge in [-0.15, -0.1) is 0 Å². The van der Waals surface area contributed by atoms with Gasteiger partial charge in [0, 0.05) is 5.56 Å². The van der Waals surface area contributed by atoms with E-state index in [-0.39, 0.29) is 5.56 Å². The molecule has 0 aliphatic rings. The van der Waals surface area contributed by atoms with E-state index >= 15 is 0 Å². The Morgan fingerprint density at radius 1 is 0.842 bits per heavy atom. The van der Waals surface area contributed by atoms with Crippen LogP contribution in [-0.2, 0) is 0 Å². The smallest absolute Gasteiger partial charge is 0.201 e. The molecule has 0 aliphatic heterocycles. The average Bonchev–Trinajstić information content (AvgIpc) is 2.35. The third-order valence-corrected chi connectivity index (χ3v) is 3.41. The van der Waals surface area contributed by atoms with Crippen molar-refractivity contribution >= 4 is 34.8 Å². The van der Waals surface area contributed by atoms with Crippen LogP contribution in [0.15, 0.2) is 48.5 Å². The van der Waals surface area contributed by atoms with Crippen LogP contribution in [-0.4, -0.2) is 3.79 Å². The fourth-order valence-electron chi connectivity index (χ4n) is 1.93. The lowest BCUT2D eigenvalue weighted by atomic mass is 9.92. The minimum absolute atomic E-state index is 0.0196. The Morgan fingerprint density at radius 3 is 2.05 bits per heavy atom. The Morgan fingerprint density at radius 2 is 1.47 bits per heavy atom. The number of halogens is 5. The molecule has 0 N–H and O–H groups in total. The first-order valence-corrected chi connectivity index (χ1v) is 6.60. The highest BCUT2D eigenvalue weighted by molar-refractivity contribution is 6.68. The summed E-state index contributed by atoms with van der Waals surface area (Å²) in [6, 6.07) is 12.5. The van der Waals surface area contributed by atoms with E-state index in [1.807, 2.05) is 0 Å². The van der Waals surface area contributed by atoms with E-state index in [9.17, 15) is 8.78 Å². The lowest BCUT2D eigenvalue weighted by Gasteiger charge is -2.25. The molecule has 2 rings (SSSR count). The van der Waals surface area contributed by atoms with E-state index in [1.54, 1.807) is 30.3 Å². The van der Waals surface area contributed by atoms with Crippen LogP contribution in [0.2, 0.25) is 0 Å². The Labute approximate surface area is 124 Å². The van der Waals surface area contributed by atoms with Crippen LogP contribution < -0.4 is 0 Å². The van der Waals surface area contributed by atoms with Crippen LogP contribution in [0.4, 0.5) is 8.78 Å². The largest absolute Gasteiger partial charge is 0.204 e. The Kier molecular flexibility index (Phi) is 4.34. The summed E-state index contributed by atoms with van der Waals surface area (Å²) in [5.74, 6) is -2.84. The van der Waals surface area contributed by atoms with Crippen molar-refractivity contribution in [3.05, 3.63) is 71.3 Å². The van der Waals surface area contributed by atoms with Gasteiger partial charge in [0.2, 0.25) is 3.79 Å². The molecule has 0 saturated heterocycles. The van der Waals surface area contributed by atoms with E-state index in [1.165, 1.54) is 12.1 Å². The first-order valence-electron chi connectivity index (χ1n) is 5.47. The molecule has 0 radical (unpaired) electrons. The van der Waals surface area contributed by atoms with Crippen LogP contribution in [0.25, 0.3) is 0 Å². The molecule has 1 unspecified atom stereocenters. The highest BCUT2D eigenvalue weighted by atomic mass is 35.6. The van der Waals surface area contributed by atoms with Crippen LogP contribution in [0.1, 0.15) is 17.0 Å². The standard InChI is InChI=1S/C14H9Cl3F2/c15-14(16,17)12(9-5-2-1-3-6-9)10-7-4-8-11(18)13(10)19/h1-8,12H. The van der Waals surface area contributed by atoms with Crippen molar-refractivity contribution in [1.29, 1.82) is 0 Å². The summed E-state index contributed by atoms with van der Waals surface area (Å²) in [4.78, 5) is 0. The van der Waals surface area contributed by atoms with Gasteiger partial charge >= 0.3 is 0 Å². The molecule has 0 nitrogen and oxygen atoms in total. The van der Waals surface area contributed by atoms with Gasteiger partial charge in [-0.25, -0.2) is 8.78 Å². The number of rotatable bonds is 2. The maximum Gasteiger partial charge on any atom is 0.201 e. The fourth-order valence-corrected chi connectivity index (χ4v) is 2.66. The minimum atomic E-state index is -1.78. The van der Waals surface area contributed by atoms with Gasteiger partial charge in [0.15, 0.2) is 11.6 Å². The summed E-state index contributed by atoms with van der Waals surface area (Å²) in [6.45, 7) is 0. The zero-order valence-electron chi connectivity index (χ0n) is 9.59. The minimum Gasteiger partial charge on any atom is -0.204 e. The maximum atomic E-state index is 13.9. The van der Waals surface area contributed by atoms with Crippen molar-refractivity contribution < 1.29 is 8.78 Å². The second kappa shape index (κ2) is 5.66. The molecule has 2 aromatic carbocycles. The molecular weight excluding hydrogens is 313 g/mol. The average molecular weight is 322 g/mol. The van der Waals surface area contributed by atoms with Crippen molar-refractivity contribution in [2.75, 3.05) is 0 Å². The van der Waals surface area contributed by atoms with Gasteiger partial charge in [-0.2, -0.15) is 0 Å². The van der Waals surface area contributed by atoms with E-state index < -0.39 is 21.3 Å². The molecule has 19 heavy (non-hydrogen) atoms. The lowest BCUT2D eigenvalue weighted by molar-refractivity contribution is 0.494. The molecule has 0 aliphatic carbocycles. The first kappa shape index (κ1) is 14.6. The number of hydrogen-bond donors (Lipinski definition) is 0. The number of benzene rings is 2. The van der Waals surface area contributed by atoms with Crippen molar-refractivity contribution in [2.24, 2.45) is 0 Å². The SMILES string of the molecule is Fc1cccc(C(c2ccccc2)C(Cl)(Cl)Cl)c1F. The Bertz CT molecular complexity index is 565. The van der Waals surface area contributed by atoms with Gasteiger partial charge in [0.25, 0.3) is 0 Å². The first-order chi connectivity index (χ1) is 8.91. The normalized spacial score (nSPS) is 13.3. The quantitative estimate of drug-likeness (QED) is 0.644. The topological polar surface area (TPSA) is 0 Å². The predicted molar refractivity (Wildman–Crippen MR) is 74.9 cm³/mol. The molecule has 100 valence electrons. The molecule has 2 aromatic rings. The van der Waals surface area contributed by atoms with Crippen LogP contribution in [0.3, 0.4) is 0 Å². The molecule has 0 fully saturated rings. The Balaban J connectivity index is 2.60. The van der Waals surface area contributed by atoms with E-state index in [0.29, 0.717) is 5.56 Å². The van der Waals surface area contributed by atoms with E-state index in [2.05, 4.69) is 0 Å². The monoisotopic (exact) mass is 320 g/mol. The predicted octanol–water partition coefficient (Wildman–Crippen LogP) is 5.47. The van der Waals surface area contributed by atoms with Crippen molar-refractivity contribution in [2.45, 2.75) is 9.71 Å². The number of alkyl halides is 3. The summed E-state index contributed by atoms with van der Waals surface area (Å²) in [6.07, 6.45) is 0.